The predicted octanol–water partition coefficient (Wildman–Crippen LogP) is 2.23. The number of aromatic nitrogens is 1. The Balaban J connectivity index is 2.02. The number of carbonyl (C=O) groups is 1. The van der Waals surface area contributed by atoms with Crippen molar-refractivity contribution >= 4 is 16.7 Å². The Hall–Kier alpha value is -2.35. The van der Waals surface area contributed by atoms with Crippen LogP contribution in [0.2, 0.25) is 0 Å². The van der Waals surface area contributed by atoms with Gasteiger partial charge in [-0.1, -0.05) is 18.2 Å². The highest BCUT2D eigenvalue weighted by molar-refractivity contribution is 5.96. The molecule has 0 aliphatic rings. The molecule has 0 spiro atoms. The van der Waals surface area contributed by atoms with Gasteiger partial charge in [0.2, 0.25) is 0 Å². The molecule has 1 aromatic carbocycles. The zero-order valence-electron chi connectivity index (χ0n) is 12.2. The summed E-state index contributed by atoms with van der Waals surface area (Å²) in [5.41, 5.74) is -0.370. The second kappa shape index (κ2) is 6.82. The van der Waals surface area contributed by atoms with Crippen molar-refractivity contribution in [2.45, 2.75) is 19.1 Å². The first-order chi connectivity index (χ1) is 10.8. The topological polar surface area (TPSA) is 71.2 Å². The maximum Gasteiger partial charge on any atom is 0.411 e. The number of carbonyl (C=O) groups excluding carboxylic acids is 1. The molecule has 5 nitrogen and oxygen atoms in total. The molecule has 2 N–H and O–H groups in total. The van der Waals surface area contributed by atoms with Gasteiger partial charge in [0.25, 0.3) is 11.5 Å². The Labute approximate surface area is 129 Å². The molecule has 1 unspecified atom stereocenters. The average Bonchev–Trinajstić information content (AvgIpc) is 2.45. The summed E-state index contributed by atoms with van der Waals surface area (Å²) in [6.45, 7) is -0.156. The molecule has 1 atom stereocenters. The van der Waals surface area contributed by atoms with Crippen LogP contribution in [-0.4, -0.2) is 36.3 Å². The number of nitrogens with one attached hydrogen (secondary N) is 2. The van der Waals surface area contributed by atoms with Crippen molar-refractivity contribution in [2.24, 2.45) is 0 Å². The molecule has 1 amide bonds. The number of ether oxygens (including phenoxy) is 1. The first-order valence-corrected chi connectivity index (χ1v) is 6.84. The molecule has 0 saturated carbocycles. The fourth-order valence-corrected chi connectivity index (χ4v) is 2.03. The van der Waals surface area contributed by atoms with Crippen molar-refractivity contribution in [3.05, 3.63) is 46.4 Å². The zero-order chi connectivity index (χ0) is 17.0. The average molecular weight is 328 g/mol. The van der Waals surface area contributed by atoms with E-state index in [1.807, 2.05) is 0 Å². The van der Waals surface area contributed by atoms with Gasteiger partial charge in [-0.15, -0.1) is 0 Å². The highest BCUT2D eigenvalue weighted by atomic mass is 19.4. The standard InChI is InChI=1S/C15H15F3N2O3/c1-9(7-23-8-15(16,17)18)19-14(22)12-6-10-4-2-3-5-11(10)13(21)20-12/h2-6,9H,7-8H2,1H3,(H,19,22)(H,20,21). The third-order valence-corrected chi connectivity index (χ3v) is 3.01. The summed E-state index contributed by atoms with van der Waals surface area (Å²) in [6, 6.07) is 7.63. The van der Waals surface area contributed by atoms with Crippen molar-refractivity contribution < 1.29 is 22.7 Å². The highest BCUT2D eigenvalue weighted by Gasteiger charge is 2.27. The van der Waals surface area contributed by atoms with E-state index in [2.05, 4.69) is 15.0 Å². The lowest BCUT2D eigenvalue weighted by Gasteiger charge is -2.15. The summed E-state index contributed by atoms with van der Waals surface area (Å²) in [4.78, 5) is 26.4. The van der Waals surface area contributed by atoms with Crippen LogP contribution in [-0.2, 0) is 4.74 Å². The zero-order valence-corrected chi connectivity index (χ0v) is 12.2. The van der Waals surface area contributed by atoms with Crippen LogP contribution in [0.4, 0.5) is 13.2 Å². The molecule has 2 aromatic rings. The quantitative estimate of drug-likeness (QED) is 0.884. The summed E-state index contributed by atoms with van der Waals surface area (Å²) in [5.74, 6) is -0.587. The summed E-state index contributed by atoms with van der Waals surface area (Å²) >= 11 is 0. The molecule has 0 radical (unpaired) electrons. The van der Waals surface area contributed by atoms with E-state index in [1.54, 1.807) is 24.3 Å². The number of aromatic amines is 1. The number of H-pyrrole nitrogens is 1. The van der Waals surface area contributed by atoms with Gasteiger partial charge in [-0.25, -0.2) is 0 Å². The van der Waals surface area contributed by atoms with Crippen molar-refractivity contribution in [1.82, 2.24) is 10.3 Å². The normalized spacial score (nSPS) is 13.0. The minimum Gasteiger partial charge on any atom is -0.370 e. The van der Waals surface area contributed by atoms with E-state index in [0.29, 0.717) is 10.8 Å². The number of hydrogen-bond donors (Lipinski definition) is 2. The molecule has 2 rings (SSSR count). The lowest BCUT2D eigenvalue weighted by atomic mass is 10.1. The molecular formula is C15H15F3N2O3. The molecule has 0 saturated heterocycles. The summed E-state index contributed by atoms with van der Waals surface area (Å²) in [7, 11) is 0. The van der Waals surface area contributed by atoms with E-state index < -0.39 is 30.3 Å². The number of alkyl halides is 3. The van der Waals surface area contributed by atoms with Crippen LogP contribution in [0.15, 0.2) is 35.1 Å². The van der Waals surface area contributed by atoms with Crippen LogP contribution in [0.25, 0.3) is 10.8 Å². The summed E-state index contributed by atoms with van der Waals surface area (Å²) < 4.78 is 40.4. The van der Waals surface area contributed by atoms with Gasteiger partial charge in [0.1, 0.15) is 12.3 Å². The maximum absolute atomic E-state index is 12.1. The Morgan fingerprint density at radius 2 is 2.04 bits per heavy atom. The van der Waals surface area contributed by atoms with Gasteiger partial charge in [0.15, 0.2) is 0 Å². The van der Waals surface area contributed by atoms with Gasteiger partial charge in [0, 0.05) is 11.4 Å². The van der Waals surface area contributed by atoms with Gasteiger partial charge in [-0.2, -0.15) is 13.2 Å². The van der Waals surface area contributed by atoms with E-state index in [4.69, 9.17) is 0 Å². The maximum atomic E-state index is 12.1. The molecule has 1 heterocycles. The minimum absolute atomic E-state index is 0.0383. The SMILES string of the molecule is CC(COCC(F)(F)F)NC(=O)c1cc2ccccc2c(=O)[nH]1. The number of amides is 1. The van der Waals surface area contributed by atoms with Crippen molar-refractivity contribution in [3.63, 3.8) is 0 Å². The monoisotopic (exact) mass is 328 g/mol. The number of hydrogen-bond acceptors (Lipinski definition) is 3. The number of rotatable bonds is 5. The number of pyridine rings is 1. The molecule has 0 aliphatic carbocycles. The molecule has 23 heavy (non-hydrogen) atoms. The molecule has 0 bridgehead atoms. The minimum atomic E-state index is -4.41. The van der Waals surface area contributed by atoms with Crippen LogP contribution >= 0.6 is 0 Å². The first kappa shape index (κ1) is 17.0. The third-order valence-electron chi connectivity index (χ3n) is 3.01. The number of fused-ring (bicyclic) bond motifs is 1. The molecule has 124 valence electrons. The summed E-state index contributed by atoms with van der Waals surface area (Å²) in [5, 5.41) is 3.52. The lowest BCUT2D eigenvalue weighted by Crippen LogP contribution is -2.37. The fourth-order valence-electron chi connectivity index (χ4n) is 2.03. The fraction of sp³-hybridized carbons (Fsp3) is 0.333. The van der Waals surface area contributed by atoms with Gasteiger partial charge < -0.3 is 15.0 Å². The number of benzene rings is 1. The van der Waals surface area contributed by atoms with Crippen LogP contribution in [0, 0.1) is 0 Å². The molecule has 0 fully saturated rings. The second-order valence-electron chi connectivity index (χ2n) is 5.10. The van der Waals surface area contributed by atoms with Crippen molar-refractivity contribution in [2.75, 3.05) is 13.2 Å². The Morgan fingerprint density at radius 3 is 2.74 bits per heavy atom. The second-order valence-corrected chi connectivity index (χ2v) is 5.10. The van der Waals surface area contributed by atoms with Crippen molar-refractivity contribution in [3.8, 4) is 0 Å². The van der Waals surface area contributed by atoms with Gasteiger partial charge >= 0.3 is 6.18 Å². The van der Waals surface area contributed by atoms with Crippen LogP contribution < -0.4 is 10.9 Å². The van der Waals surface area contributed by atoms with E-state index in [1.165, 1.54) is 13.0 Å². The Bertz CT molecular complexity index is 755. The third kappa shape index (κ3) is 4.82. The van der Waals surface area contributed by atoms with Crippen LogP contribution in [0.3, 0.4) is 0 Å². The lowest BCUT2D eigenvalue weighted by molar-refractivity contribution is -0.174. The first-order valence-electron chi connectivity index (χ1n) is 6.84. The van der Waals surface area contributed by atoms with Gasteiger partial charge in [0.05, 0.1) is 6.61 Å². The van der Waals surface area contributed by atoms with Gasteiger partial charge in [-0.3, -0.25) is 9.59 Å². The van der Waals surface area contributed by atoms with E-state index in [9.17, 15) is 22.8 Å². The number of halogens is 3. The van der Waals surface area contributed by atoms with E-state index in [0.717, 1.165) is 0 Å². The van der Waals surface area contributed by atoms with E-state index >= 15 is 0 Å². The van der Waals surface area contributed by atoms with Crippen LogP contribution in [0.1, 0.15) is 17.4 Å². The summed E-state index contributed by atoms with van der Waals surface area (Å²) in [6.07, 6.45) is -4.41. The Morgan fingerprint density at radius 1 is 1.35 bits per heavy atom. The molecule has 0 aliphatic heterocycles. The largest absolute Gasteiger partial charge is 0.411 e. The molecule has 1 aromatic heterocycles. The predicted molar refractivity (Wildman–Crippen MR) is 78.4 cm³/mol. The van der Waals surface area contributed by atoms with Gasteiger partial charge in [-0.05, 0) is 24.4 Å². The Kier molecular flexibility index (Phi) is 5.05. The van der Waals surface area contributed by atoms with Crippen LogP contribution in [0.5, 0.6) is 0 Å². The van der Waals surface area contributed by atoms with E-state index in [-0.39, 0.29) is 12.3 Å². The highest BCUT2D eigenvalue weighted by Crippen LogP contribution is 2.14. The van der Waals surface area contributed by atoms with Crippen molar-refractivity contribution in [1.29, 1.82) is 0 Å². The molecular weight excluding hydrogens is 313 g/mol. The smallest absolute Gasteiger partial charge is 0.370 e. The molecule has 8 heteroatoms.